The van der Waals surface area contributed by atoms with E-state index in [-0.39, 0.29) is 5.91 Å². The van der Waals surface area contributed by atoms with Crippen molar-refractivity contribution < 1.29 is 4.79 Å². The fraction of sp³-hybridized carbons (Fsp3) is 0.389. The molecule has 0 atom stereocenters. The third-order valence-corrected chi connectivity index (χ3v) is 3.38. The number of aryl methyl sites for hydroxylation is 3. The van der Waals surface area contributed by atoms with Gasteiger partial charge in [-0.25, -0.2) is 9.97 Å². The van der Waals surface area contributed by atoms with Crippen LogP contribution in [0.3, 0.4) is 0 Å². The fourth-order valence-electron chi connectivity index (χ4n) is 2.39. The fourth-order valence-corrected chi connectivity index (χ4v) is 2.39. The lowest BCUT2D eigenvalue weighted by atomic mass is 10.1. The van der Waals surface area contributed by atoms with Crippen LogP contribution in [-0.4, -0.2) is 22.4 Å². The SMILES string of the molecule is CCCCNC(=O)c1cc(C)nc(Nc2cc(C)cc(C)c2)n1. The molecule has 0 unspecified atom stereocenters. The summed E-state index contributed by atoms with van der Waals surface area (Å²) >= 11 is 0. The van der Waals surface area contributed by atoms with Gasteiger partial charge in [-0.05, 0) is 56.5 Å². The van der Waals surface area contributed by atoms with Crippen molar-refractivity contribution in [2.75, 3.05) is 11.9 Å². The summed E-state index contributed by atoms with van der Waals surface area (Å²) in [6.45, 7) is 8.70. The van der Waals surface area contributed by atoms with Gasteiger partial charge >= 0.3 is 0 Å². The van der Waals surface area contributed by atoms with Crippen LogP contribution in [0.15, 0.2) is 24.3 Å². The average Bonchev–Trinajstić information content (AvgIpc) is 2.45. The lowest BCUT2D eigenvalue weighted by Crippen LogP contribution is -2.25. The number of benzene rings is 1. The largest absolute Gasteiger partial charge is 0.351 e. The van der Waals surface area contributed by atoms with Crippen molar-refractivity contribution in [3.63, 3.8) is 0 Å². The number of carbonyl (C=O) groups is 1. The highest BCUT2D eigenvalue weighted by Crippen LogP contribution is 2.17. The summed E-state index contributed by atoms with van der Waals surface area (Å²) in [7, 11) is 0. The van der Waals surface area contributed by atoms with Crippen LogP contribution in [0.4, 0.5) is 11.6 Å². The Hall–Kier alpha value is -2.43. The van der Waals surface area contributed by atoms with Gasteiger partial charge in [0, 0.05) is 17.9 Å². The van der Waals surface area contributed by atoms with Crippen LogP contribution in [-0.2, 0) is 0 Å². The minimum atomic E-state index is -0.160. The van der Waals surface area contributed by atoms with Gasteiger partial charge in [0.1, 0.15) is 5.69 Å². The number of nitrogens with one attached hydrogen (secondary N) is 2. The second kappa shape index (κ2) is 7.72. The second-order valence-electron chi connectivity index (χ2n) is 5.83. The Labute approximate surface area is 137 Å². The number of nitrogens with zero attached hydrogens (tertiary/aromatic N) is 2. The van der Waals surface area contributed by atoms with Gasteiger partial charge in [0.25, 0.3) is 5.91 Å². The maximum absolute atomic E-state index is 12.2. The van der Waals surface area contributed by atoms with Crippen molar-refractivity contribution in [3.05, 3.63) is 46.8 Å². The van der Waals surface area contributed by atoms with Gasteiger partial charge < -0.3 is 10.6 Å². The highest BCUT2D eigenvalue weighted by Gasteiger charge is 2.10. The molecule has 122 valence electrons. The van der Waals surface area contributed by atoms with Gasteiger partial charge in [-0.15, -0.1) is 0 Å². The highest BCUT2D eigenvalue weighted by molar-refractivity contribution is 5.92. The topological polar surface area (TPSA) is 66.9 Å². The number of rotatable bonds is 6. The maximum Gasteiger partial charge on any atom is 0.270 e. The number of hydrogen-bond acceptors (Lipinski definition) is 4. The molecule has 5 nitrogen and oxygen atoms in total. The van der Waals surface area contributed by atoms with Crippen LogP contribution in [0.5, 0.6) is 0 Å². The van der Waals surface area contributed by atoms with Gasteiger partial charge in [0.15, 0.2) is 0 Å². The Morgan fingerprint density at radius 1 is 1.04 bits per heavy atom. The van der Waals surface area contributed by atoms with Crippen LogP contribution in [0, 0.1) is 20.8 Å². The number of anilines is 2. The van der Waals surface area contributed by atoms with Crippen LogP contribution >= 0.6 is 0 Å². The molecule has 5 heteroatoms. The van der Waals surface area contributed by atoms with E-state index in [1.807, 2.05) is 32.9 Å². The van der Waals surface area contributed by atoms with E-state index in [0.29, 0.717) is 18.2 Å². The Morgan fingerprint density at radius 3 is 2.39 bits per heavy atom. The number of carbonyl (C=O) groups excluding carboxylic acids is 1. The van der Waals surface area contributed by atoms with Gasteiger partial charge in [0.05, 0.1) is 0 Å². The predicted molar refractivity (Wildman–Crippen MR) is 93.2 cm³/mol. The van der Waals surface area contributed by atoms with Crippen molar-refractivity contribution in [2.24, 2.45) is 0 Å². The van der Waals surface area contributed by atoms with E-state index in [0.717, 1.165) is 35.3 Å². The summed E-state index contributed by atoms with van der Waals surface area (Å²) in [5.74, 6) is 0.281. The Bertz CT molecular complexity index is 677. The molecule has 1 heterocycles. The minimum Gasteiger partial charge on any atom is -0.351 e. The van der Waals surface area contributed by atoms with Crippen molar-refractivity contribution in [1.29, 1.82) is 0 Å². The van der Waals surface area contributed by atoms with E-state index in [1.54, 1.807) is 6.07 Å². The molecule has 1 amide bonds. The molecule has 2 aromatic rings. The number of hydrogen-bond donors (Lipinski definition) is 2. The first kappa shape index (κ1) is 16.9. The summed E-state index contributed by atoms with van der Waals surface area (Å²) in [5, 5.41) is 6.07. The third-order valence-electron chi connectivity index (χ3n) is 3.38. The quantitative estimate of drug-likeness (QED) is 0.799. The van der Waals surface area contributed by atoms with Crippen LogP contribution in [0.2, 0.25) is 0 Å². The van der Waals surface area contributed by atoms with E-state index >= 15 is 0 Å². The van der Waals surface area contributed by atoms with Gasteiger partial charge in [-0.1, -0.05) is 19.4 Å². The van der Waals surface area contributed by atoms with E-state index in [1.165, 1.54) is 0 Å². The summed E-state index contributed by atoms with van der Waals surface area (Å²) in [5.41, 5.74) is 4.40. The molecular weight excluding hydrogens is 288 g/mol. The van der Waals surface area contributed by atoms with Crippen molar-refractivity contribution in [2.45, 2.75) is 40.5 Å². The molecule has 1 aromatic carbocycles. The van der Waals surface area contributed by atoms with Crippen LogP contribution in [0.1, 0.15) is 47.1 Å². The van der Waals surface area contributed by atoms with Gasteiger partial charge in [-0.3, -0.25) is 4.79 Å². The predicted octanol–water partition coefficient (Wildman–Crippen LogP) is 3.68. The molecule has 0 saturated heterocycles. The van der Waals surface area contributed by atoms with E-state index in [9.17, 15) is 4.79 Å². The molecule has 0 saturated carbocycles. The van der Waals surface area contributed by atoms with Crippen molar-refractivity contribution >= 4 is 17.5 Å². The molecule has 2 N–H and O–H groups in total. The van der Waals surface area contributed by atoms with Gasteiger partial charge in [0.2, 0.25) is 5.95 Å². The first-order valence-corrected chi connectivity index (χ1v) is 7.97. The molecule has 0 radical (unpaired) electrons. The molecule has 2 rings (SSSR count). The zero-order valence-electron chi connectivity index (χ0n) is 14.2. The minimum absolute atomic E-state index is 0.160. The Morgan fingerprint density at radius 2 is 1.74 bits per heavy atom. The molecule has 1 aromatic heterocycles. The zero-order valence-corrected chi connectivity index (χ0v) is 14.2. The average molecular weight is 312 g/mol. The maximum atomic E-state index is 12.2. The molecule has 0 aliphatic rings. The molecular formula is C18H24N4O. The molecule has 23 heavy (non-hydrogen) atoms. The lowest BCUT2D eigenvalue weighted by Gasteiger charge is -2.10. The normalized spacial score (nSPS) is 10.4. The second-order valence-corrected chi connectivity index (χ2v) is 5.83. The highest BCUT2D eigenvalue weighted by atomic mass is 16.1. The number of amides is 1. The third kappa shape index (κ3) is 5.06. The summed E-state index contributed by atoms with van der Waals surface area (Å²) in [4.78, 5) is 20.9. The standard InChI is InChI=1S/C18H24N4O/c1-5-6-7-19-17(23)16-11-14(4)20-18(22-16)21-15-9-12(2)8-13(3)10-15/h8-11H,5-7H2,1-4H3,(H,19,23)(H,20,21,22). The monoisotopic (exact) mass is 312 g/mol. The number of aromatic nitrogens is 2. The Kier molecular flexibility index (Phi) is 5.68. The molecule has 0 aliphatic heterocycles. The first-order valence-electron chi connectivity index (χ1n) is 7.97. The van der Waals surface area contributed by atoms with E-state index < -0.39 is 0 Å². The van der Waals surface area contributed by atoms with E-state index in [4.69, 9.17) is 0 Å². The smallest absolute Gasteiger partial charge is 0.270 e. The zero-order chi connectivity index (χ0) is 16.8. The lowest BCUT2D eigenvalue weighted by molar-refractivity contribution is 0.0948. The van der Waals surface area contributed by atoms with E-state index in [2.05, 4.69) is 33.6 Å². The molecule has 0 bridgehead atoms. The first-order chi connectivity index (χ1) is 11.0. The summed E-state index contributed by atoms with van der Waals surface area (Å²) in [6, 6.07) is 7.86. The molecule has 0 aliphatic carbocycles. The Balaban J connectivity index is 2.18. The van der Waals surface area contributed by atoms with Crippen LogP contribution in [0.25, 0.3) is 0 Å². The van der Waals surface area contributed by atoms with Crippen molar-refractivity contribution in [3.8, 4) is 0 Å². The van der Waals surface area contributed by atoms with Crippen LogP contribution < -0.4 is 10.6 Å². The summed E-state index contributed by atoms with van der Waals surface area (Å²) in [6.07, 6.45) is 2.01. The summed E-state index contributed by atoms with van der Waals surface area (Å²) < 4.78 is 0. The molecule has 0 fully saturated rings. The van der Waals surface area contributed by atoms with Crippen molar-refractivity contribution in [1.82, 2.24) is 15.3 Å². The molecule has 0 spiro atoms. The number of unbranched alkanes of at least 4 members (excludes halogenated alkanes) is 1. The van der Waals surface area contributed by atoms with Gasteiger partial charge in [-0.2, -0.15) is 0 Å².